The fourth-order valence-corrected chi connectivity index (χ4v) is 4.64. The monoisotopic (exact) mass is 415 g/mol. The summed E-state index contributed by atoms with van der Waals surface area (Å²) in [6.07, 6.45) is 2.01. The van der Waals surface area contributed by atoms with Crippen LogP contribution in [-0.4, -0.2) is 50.7 Å². The molecule has 1 unspecified atom stereocenters. The van der Waals surface area contributed by atoms with Crippen molar-refractivity contribution < 1.29 is 28.7 Å². The Bertz CT molecular complexity index is 949. The molecule has 1 aromatic heterocycles. The lowest BCUT2D eigenvalue weighted by molar-refractivity contribution is -0.931. The van der Waals surface area contributed by atoms with Gasteiger partial charge in [-0.1, -0.05) is 0 Å². The van der Waals surface area contributed by atoms with Gasteiger partial charge in [0, 0.05) is 24.6 Å². The zero-order chi connectivity index (χ0) is 22.0. The number of Topliss-reactive ketones (excluding diaryl/α,β-unsaturated/α-hetero) is 1. The molecule has 30 heavy (non-hydrogen) atoms. The molecule has 0 radical (unpaired) electrons. The average molecular weight is 416 g/mol. The van der Waals surface area contributed by atoms with Crippen molar-refractivity contribution in [2.45, 2.75) is 45.7 Å². The highest BCUT2D eigenvalue weighted by Gasteiger charge is 2.40. The van der Waals surface area contributed by atoms with E-state index in [1.807, 2.05) is 25.1 Å². The van der Waals surface area contributed by atoms with E-state index in [4.69, 9.17) is 14.2 Å². The maximum Gasteiger partial charge on any atom is 0.339 e. The number of carbonyl (C=O) groups is 2. The molecular formula is C23H31N2O5+. The number of rotatable bonds is 7. The molecule has 7 heteroatoms. The van der Waals surface area contributed by atoms with Gasteiger partial charge in [-0.2, -0.15) is 0 Å². The number of carbonyl (C=O) groups excluding carboxylic acids is 2. The minimum atomic E-state index is -0.428. The molecule has 1 aliphatic rings. The third-order valence-corrected chi connectivity index (χ3v) is 6.24. The lowest BCUT2D eigenvalue weighted by Gasteiger charge is -2.28. The summed E-state index contributed by atoms with van der Waals surface area (Å²) in [5, 5.41) is 0. The first kappa shape index (κ1) is 21.9. The summed E-state index contributed by atoms with van der Waals surface area (Å²) in [5.41, 5.74) is 3.31. The number of ether oxygens (including phenoxy) is 3. The Morgan fingerprint density at radius 3 is 2.53 bits per heavy atom. The molecule has 2 aromatic rings. The highest BCUT2D eigenvalue weighted by Crippen LogP contribution is 2.32. The van der Waals surface area contributed by atoms with Crippen LogP contribution in [0.2, 0.25) is 0 Å². The SMILES string of the molecule is COC(=O)c1c(C)[nH]c(C(=O)[C@@H](C)[NH+]2CCC[C@@H]2c2ccc(OC)cc2OC)c1C. The highest BCUT2D eigenvalue weighted by molar-refractivity contribution is 6.03. The third-order valence-electron chi connectivity index (χ3n) is 6.24. The maximum atomic E-state index is 13.4. The Morgan fingerprint density at radius 2 is 1.90 bits per heavy atom. The first-order chi connectivity index (χ1) is 14.3. The van der Waals surface area contributed by atoms with Gasteiger partial charge < -0.3 is 24.1 Å². The van der Waals surface area contributed by atoms with Crippen molar-refractivity contribution in [3.05, 3.63) is 46.3 Å². The Morgan fingerprint density at radius 1 is 1.17 bits per heavy atom. The normalized spacial score (nSPS) is 19.4. The van der Waals surface area contributed by atoms with Crippen molar-refractivity contribution in [1.82, 2.24) is 4.98 Å². The summed E-state index contributed by atoms with van der Waals surface area (Å²) < 4.78 is 15.8. The molecule has 2 N–H and O–H groups in total. The molecule has 0 saturated carbocycles. The van der Waals surface area contributed by atoms with E-state index >= 15 is 0 Å². The number of nitrogens with one attached hydrogen (secondary N) is 2. The van der Waals surface area contributed by atoms with Crippen LogP contribution in [0.4, 0.5) is 0 Å². The molecule has 1 saturated heterocycles. The molecule has 3 rings (SSSR count). The number of esters is 1. The first-order valence-electron chi connectivity index (χ1n) is 10.2. The molecule has 0 aliphatic carbocycles. The predicted octanol–water partition coefficient (Wildman–Crippen LogP) is 2.43. The van der Waals surface area contributed by atoms with Crippen LogP contribution in [0.25, 0.3) is 0 Å². The fourth-order valence-electron chi connectivity index (χ4n) is 4.64. The van der Waals surface area contributed by atoms with Gasteiger partial charge in [-0.3, -0.25) is 4.79 Å². The second-order valence-electron chi connectivity index (χ2n) is 7.83. The average Bonchev–Trinajstić information content (AvgIpc) is 3.36. The third kappa shape index (κ3) is 3.81. The summed E-state index contributed by atoms with van der Waals surface area (Å²) in [6.45, 7) is 6.43. The van der Waals surface area contributed by atoms with Crippen molar-refractivity contribution in [2.24, 2.45) is 0 Å². The Kier molecular flexibility index (Phi) is 6.51. The van der Waals surface area contributed by atoms with Crippen LogP contribution < -0.4 is 14.4 Å². The van der Waals surface area contributed by atoms with E-state index in [9.17, 15) is 9.59 Å². The number of H-pyrrole nitrogens is 1. The molecule has 1 aliphatic heterocycles. The van der Waals surface area contributed by atoms with Crippen molar-refractivity contribution in [3.8, 4) is 11.5 Å². The predicted molar refractivity (Wildman–Crippen MR) is 113 cm³/mol. The molecule has 0 spiro atoms. The van der Waals surface area contributed by atoms with Gasteiger partial charge in [0.25, 0.3) is 0 Å². The molecule has 0 bridgehead atoms. The molecule has 0 amide bonds. The van der Waals surface area contributed by atoms with Crippen LogP contribution >= 0.6 is 0 Å². The van der Waals surface area contributed by atoms with Crippen LogP contribution in [0, 0.1) is 13.8 Å². The number of aromatic amines is 1. The number of hydrogen-bond donors (Lipinski definition) is 2. The van der Waals surface area contributed by atoms with E-state index in [1.165, 1.54) is 12.0 Å². The molecular weight excluding hydrogens is 384 g/mol. The van der Waals surface area contributed by atoms with Gasteiger partial charge >= 0.3 is 5.97 Å². The standard InChI is InChI=1S/C23H30N2O5/c1-13-20(23(27)30-6)14(2)24-21(13)22(26)15(3)25-11-7-8-18(25)17-10-9-16(28-4)12-19(17)29-5/h9-10,12,15,18,24H,7-8,11H2,1-6H3/p+1/t15-,18-/m1/s1. The van der Waals surface area contributed by atoms with Crippen molar-refractivity contribution >= 4 is 11.8 Å². The van der Waals surface area contributed by atoms with Crippen LogP contribution in [0.1, 0.15) is 63.5 Å². The van der Waals surface area contributed by atoms with E-state index < -0.39 is 5.97 Å². The van der Waals surface area contributed by atoms with Gasteiger partial charge in [0.05, 0.1) is 44.7 Å². The summed E-state index contributed by atoms with van der Waals surface area (Å²) in [5.74, 6) is 1.09. The summed E-state index contributed by atoms with van der Waals surface area (Å²) in [4.78, 5) is 29.8. The van der Waals surface area contributed by atoms with Crippen molar-refractivity contribution in [1.29, 1.82) is 0 Å². The van der Waals surface area contributed by atoms with Crippen molar-refractivity contribution in [2.75, 3.05) is 27.9 Å². The van der Waals surface area contributed by atoms with Crippen molar-refractivity contribution in [3.63, 3.8) is 0 Å². The Balaban J connectivity index is 1.91. The van der Waals surface area contributed by atoms with Gasteiger partial charge in [-0.15, -0.1) is 0 Å². The van der Waals surface area contributed by atoms with Crippen LogP contribution in [0.3, 0.4) is 0 Å². The number of methoxy groups -OCH3 is 3. The second kappa shape index (κ2) is 8.92. The summed E-state index contributed by atoms with van der Waals surface area (Å²) in [7, 11) is 4.63. The van der Waals surface area contributed by atoms with E-state index in [2.05, 4.69) is 4.98 Å². The van der Waals surface area contributed by atoms with Crippen LogP contribution in [0.5, 0.6) is 11.5 Å². The topological polar surface area (TPSA) is 82.1 Å². The van der Waals surface area contributed by atoms with Gasteiger partial charge in [-0.25, -0.2) is 4.79 Å². The molecule has 1 fully saturated rings. The number of aromatic nitrogens is 1. The van der Waals surface area contributed by atoms with Crippen LogP contribution in [-0.2, 0) is 4.74 Å². The molecule has 2 heterocycles. The molecule has 7 nitrogen and oxygen atoms in total. The Labute approximate surface area is 177 Å². The summed E-state index contributed by atoms with van der Waals surface area (Å²) in [6, 6.07) is 5.73. The lowest BCUT2D eigenvalue weighted by atomic mass is 9.99. The minimum Gasteiger partial charge on any atom is -0.497 e. The Hall–Kier alpha value is -2.80. The quantitative estimate of drug-likeness (QED) is 0.536. The summed E-state index contributed by atoms with van der Waals surface area (Å²) >= 11 is 0. The fraction of sp³-hybridized carbons (Fsp3) is 0.478. The first-order valence-corrected chi connectivity index (χ1v) is 10.2. The van der Waals surface area contributed by atoms with E-state index in [-0.39, 0.29) is 17.9 Å². The zero-order valence-electron chi connectivity index (χ0n) is 18.5. The maximum absolute atomic E-state index is 13.4. The zero-order valence-corrected chi connectivity index (χ0v) is 18.5. The lowest BCUT2D eigenvalue weighted by Crippen LogP contribution is -3.14. The number of benzene rings is 1. The largest absolute Gasteiger partial charge is 0.497 e. The van der Waals surface area contributed by atoms with E-state index in [1.54, 1.807) is 28.1 Å². The number of quaternary nitrogens is 1. The highest BCUT2D eigenvalue weighted by atomic mass is 16.5. The number of likely N-dealkylation sites (tertiary alicyclic amines) is 1. The minimum absolute atomic E-state index is 0.000122. The number of ketones is 1. The van der Waals surface area contributed by atoms with Gasteiger partial charge in [0.1, 0.15) is 17.5 Å². The molecule has 1 aromatic carbocycles. The second-order valence-corrected chi connectivity index (χ2v) is 7.83. The molecule has 3 atom stereocenters. The molecule has 162 valence electrons. The van der Waals surface area contributed by atoms with E-state index in [0.29, 0.717) is 22.5 Å². The van der Waals surface area contributed by atoms with Gasteiger partial charge in [-0.05, 0) is 38.5 Å². The number of hydrogen-bond acceptors (Lipinski definition) is 5. The van der Waals surface area contributed by atoms with E-state index in [0.717, 1.165) is 36.4 Å². The smallest absolute Gasteiger partial charge is 0.339 e. The number of aryl methyl sites for hydroxylation is 1. The van der Waals surface area contributed by atoms with Gasteiger partial charge in [0.2, 0.25) is 5.78 Å². The van der Waals surface area contributed by atoms with Crippen LogP contribution in [0.15, 0.2) is 18.2 Å². The van der Waals surface area contributed by atoms with Gasteiger partial charge in [0.15, 0.2) is 6.04 Å².